The van der Waals surface area contributed by atoms with E-state index in [-0.39, 0.29) is 19.1 Å². The number of nitrogens with zero attached hydrogens (tertiary/aromatic N) is 1. The van der Waals surface area contributed by atoms with Crippen LogP contribution in [0.2, 0.25) is 0 Å². The van der Waals surface area contributed by atoms with E-state index in [0.29, 0.717) is 6.42 Å². The number of rotatable bonds is 4. The van der Waals surface area contributed by atoms with Crippen molar-refractivity contribution in [3.05, 3.63) is 32.9 Å². The van der Waals surface area contributed by atoms with Gasteiger partial charge < -0.3 is 19.9 Å². The summed E-state index contributed by atoms with van der Waals surface area (Å²) in [5.41, 5.74) is -1.96. The topological polar surface area (TPSA) is 123 Å². The van der Waals surface area contributed by atoms with Crippen LogP contribution in [0.3, 0.4) is 0 Å². The standard InChI is InChI=1S/C14H18FN3O6/c15-7-5-18(14(22)17-12(7)20)11-4-9(19)10(24-11)6-23-13(21)8-2-1-3-16-8/h5,8-11,16,19H,1-4,6H2,(H,17,20,22)/t8-,9-,10+,11+/m0/s1. The molecule has 3 N–H and O–H groups in total. The van der Waals surface area contributed by atoms with E-state index in [0.717, 1.165) is 23.7 Å². The second-order valence-electron chi connectivity index (χ2n) is 5.85. The molecule has 2 fully saturated rings. The molecule has 0 aliphatic carbocycles. The Hall–Kier alpha value is -2.04. The molecule has 0 bridgehead atoms. The lowest BCUT2D eigenvalue weighted by molar-refractivity contribution is -0.152. The number of nitrogens with one attached hydrogen (secondary N) is 2. The van der Waals surface area contributed by atoms with Crippen LogP contribution in [0, 0.1) is 5.82 Å². The Labute approximate surface area is 135 Å². The molecule has 2 aliphatic heterocycles. The van der Waals surface area contributed by atoms with Crippen molar-refractivity contribution < 1.29 is 23.8 Å². The van der Waals surface area contributed by atoms with Gasteiger partial charge in [0.05, 0.1) is 12.3 Å². The molecule has 0 radical (unpaired) electrons. The molecule has 2 aliphatic rings. The first kappa shape index (κ1) is 16.8. The molecule has 1 aromatic heterocycles. The number of esters is 1. The van der Waals surface area contributed by atoms with Gasteiger partial charge in [-0.05, 0) is 19.4 Å². The first-order valence-electron chi connectivity index (χ1n) is 7.70. The highest BCUT2D eigenvalue weighted by Crippen LogP contribution is 2.27. The van der Waals surface area contributed by atoms with E-state index in [4.69, 9.17) is 9.47 Å². The number of aliphatic hydroxyl groups is 1. The summed E-state index contributed by atoms with van der Waals surface area (Å²) in [7, 11) is 0. The average molecular weight is 343 g/mol. The minimum absolute atomic E-state index is 0.00921. The maximum Gasteiger partial charge on any atom is 0.330 e. The highest BCUT2D eigenvalue weighted by Gasteiger charge is 2.37. The van der Waals surface area contributed by atoms with Gasteiger partial charge in [-0.3, -0.25) is 19.1 Å². The first-order valence-corrected chi connectivity index (χ1v) is 7.70. The Balaban J connectivity index is 1.62. The van der Waals surface area contributed by atoms with Crippen molar-refractivity contribution in [2.75, 3.05) is 13.2 Å². The minimum atomic E-state index is -1.13. The zero-order valence-corrected chi connectivity index (χ0v) is 12.7. The normalized spacial score (nSPS) is 29.8. The molecular weight excluding hydrogens is 325 g/mol. The van der Waals surface area contributed by atoms with Gasteiger partial charge in [0.25, 0.3) is 5.56 Å². The Morgan fingerprint density at radius 3 is 3.00 bits per heavy atom. The van der Waals surface area contributed by atoms with Crippen molar-refractivity contribution in [1.82, 2.24) is 14.9 Å². The molecule has 10 heteroatoms. The Morgan fingerprint density at radius 1 is 1.50 bits per heavy atom. The summed E-state index contributed by atoms with van der Waals surface area (Å²) < 4.78 is 24.8. The molecule has 0 aromatic carbocycles. The quantitative estimate of drug-likeness (QED) is 0.576. The lowest BCUT2D eigenvalue weighted by atomic mass is 10.2. The van der Waals surface area contributed by atoms with Crippen molar-refractivity contribution in [3.8, 4) is 0 Å². The van der Waals surface area contributed by atoms with E-state index in [2.05, 4.69) is 5.32 Å². The summed E-state index contributed by atoms with van der Waals surface area (Å²) in [6, 6.07) is -0.352. The molecule has 24 heavy (non-hydrogen) atoms. The number of hydrogen-bond acceptors (Lipinski definition) is 7. The predicted octanol–water partition coefficient (Wildman–Crippen LogP) is -1.38. The minimum Gasteiger partial charge on any atom is -0.462 e. The number of aliphatic hydroxyl groups excluding tert-OH is 1. The van der Waals surface area contributed by atoms with E-state index < -0.39 is 41.5 Å². The van der Waals surface area contributed by atoms with E-state index in [1.807, 2.05) is 4.98 Å². The number of carbonyl (C=O) groups is 1. The summed E-state index contributed by atoms with van der Waals surface area (Å²) >= 11 is 0. The molecule has 0 unspecified atom stereocenters. The monoisotopic (exact) mass is 343 g/mol. The van der Waals surface area contributed by atoms with Crippen molar-refractivity contribution in [2.45, 2.75) is 43.7 Å². The van der Waals surface area contributed by atoms with Crippen molar-refractivity contribution >= 4 is 5.97 Å². The lowest BCUT2D eigenvalue weighted by Crippen LogP contribution is -2.36. The number of H-pyrrole nitrogens is 1. The van der Waals surface area contributed by atoms with Gasteiger partial charge in [-0.25, -0.2) is 4.79 Å². The van der Waals surface area contributed by atoms with Gasteiger partial charge in [0.1, 0.15) is 25.0 Å². The molecule has 132 valence electrons. The van der Waals surface area contributed by atoms with Gasteiger partial charge in [0.15, 0.2) is 0 Å². The molecule has 9 nitrogen and oxygen atoms in total. The third-order valence-electron chi connectivity index (χ3n) is 4.17. The van der Waals surface area contributed by atoms with Gasteiger partial charge >= 0.3 is 11.7 Å². The van der Waals surface area contributed by atoms with E-state index in [9.17, 15) is 23.9 Å². The summed E-state index contributed by atoms with van der Waals surface area (Å²) in [6.07, 6.45) is -0.437. The van der Waals surface area contributed by atoms with E-state index in [1.165, 1.54) is 0 Å². The number of carbonyl (C=O) groups excluding carboxylic acids is 1. The van der Waals surface area contributed by atoms with Crippen LogP contribution in [0.4, 0.5) is 4.39 Å². The molecule has 0 saturated carbocycles. The molecule has 0 spiro atoms. The van der Waals surface area contributed by atoms with Gasteiger partial charge in [-0.2, -0.15) is 4.39 Å². The second-order valence-corrected chi connectivity index (χ2v) is 5.85. The number of ether oxygens (including phenoxy) is 2. The van der Waals surface area contributed by atoms with Crippen LogP contribution < -0.4 is 16.6 Å². The molecule has 0 amide bonds. The number of aromatic nitrogens is 2. The van der Waals surface area contributed by atoms with Crippen LogP contribution in [0.15, 0.2) is 15.8 Å². The SMILES string of the molecule is O=C(OC[C@H]1O[C@@H](n2cc(F)c(=O)[nH]c2=O)C[C@@H]1O)[C@@H]1CCCN1. The Kier molecular flexibility index (Phi) is 4.78. The average Bonchev–Trinajstić information content (AvgIpc) is 3.18. The fourth-order valence-electron chi connectivity index (χ4n) is 2.86. The molecule has 2 saturated heterocycles. The predicted molar refractivity (Wildman–Crippen MR) is 77.8 cm³/mol. The van der Waals surface area contributed by atoms with Crippen LogP contribution >= 0.6 is 0 Å². The zero-order valence-electron chi connectivity index (χ0n) is 12.7. The van der Waals surface area contributed by atoms with Crippen molar-refractivity contribution in [2.24, 2.45) is 0 Å². The molecule has 3 rings (SSSR count). The van der Waals surface area contributed by atoms with Crippen LogP contribution in [0.1, 0.15) is 25.5 Å². The molecule has 3 heterocycles. The van der Waals surface area contributed by atoms with Crippen molar-refractivity contribution in [3.63, 3.8) is 0 Å². The number of hydrogen-bond donors (Lipinski definition) is 3. The maximum absolute atomic E-state index is 13.3. The third kappa shape index (κ3) is 3.40. The fourth-order valence-corrected chi connectivity index (χ4v) is 2.86. The molecule has 1 aromatic rings. The van der Waals surface area contributed by atoms with Gasteiger partial charge in [0, 0.05) is 6.42 Å². The van der Waals surface area contributed by atoms with E-state index >= 15 is 0 Å². The van der Waals surface area contributed by atoms with Gasteiger partial charge in [-0.1, -0.05) is 0 Å². The first-order chi connectivity index (χ1) is 11.5. The maximum atomic E-state index is 13.3. The van der Waals surface area contributed by atoms with Gasteiger partial charge in [0.2, 0.25) is 5.82 Å². The highest BCUT2D eigenvalue weighted by molar-refractivity contribution is 5.76. The third-order valence-corrected chi connectivity index (χ3v) is 4.17. The fraction of sp³-hybridized carbons (Fsp3) is 0.643. The lowest BCUT2D eigenvalue weighted by Gasteiger charge is -2.17. The van der Waals surface area contributed by atoms with Crippen LogP contribution in [-0.4, -0.2) is 52.0 Å². The van der Waals surface area contributed by atoms with Crippen LogP contribution in [-0.2, 0) is 14.3 Å². The molecular formula is C14H18FN3O6. The number of aromatic amines is 1. The second kappa shape index (κ2) is 6.83. The summed E-state index contributed by atoms with van der Waals surface area (Å²) in [5.74, 6) is -1.55. The Morgan fingerprint density at radius 2 is 2.29 bits per heavy atom. The van der Waals surface area contributed by atoms with Crippen LogP contribution in [0.5, 0.6) is 0 Å². The Bertz CT molecular complexity index is 726. The van der Waals surface area contributed by atoms with E-state index in [1.54, 1.807) is 0 Å². The summed E-state index contributed by atoms with van der Waals surface area (Å²) in [6.45, 7) is 0.584. The molecule has 4 atom stereocenters. The highest BCUT2D eigenvalue weighted by atomic mass is 19.1. The zero-order chi connectivity index (χ0) is 17.3. The van der Waals surface area contributed by atoms with Crippen molar-refractivity contribution in [1.29, 1.82) is 0 Å². The largest absolute Gasteiger partial charge is 0.462 e. The summed E-state index contributed by atoms with van der Waals surface area (Å²) in [5, 5.41) is 13.0. The van der Waals surface area contributed by atoms with Crippen LogP contribution in [0.25, 0.3) is 0 Å². The number of halogens is 1. The van der Waals surface area contributed by atoms with Gasteiger partial charge in [-0.15, -0.1) is 0 Å². The summed E-state index contributed by atoms with van der Waals surface area (Å²) in [4.78, 5) is 36.4. The smallest absolute Gasteiger partial charge is 0.330 e.